The molecule has 4 nitrogen and oxygen atoms in total. The molecule has 0 aliphatic rings. The van der Waals surface area contributed by atoms with Crippen LogP contribution in [0.3, 0.4) is 0 Å². The quantitative estimate of drug-likeness (QED) is 0.728. The summed E-state index contributed by atoms with van der Waals surface area (Å²) in [6.07, 6.45) is 1.86. The van der Waals surface area contributed by atoms with Gasteiger partial charge in [0, 0.05) is 22.5 Å². The Morgan fingerprint density at radius 1 is 1.35 bits per heavy atom. The Kier molecular flexibility index (Phi) is 2.19. The van der Waals surface area contributed by atoms with Crippen LogP contribution in [0.5, 0.6) is 0 Å². The molecular formula is C12H8N2O2S. The zero-order valence-corrected chi connectivity index (χ0v) is 9.49. The van der Waals surface area contributed by atoms with Crippen LogP contribution in [0, 0.1) is 0 Å². The van der Waals surface area contributed by atoms with Crippen molar-refractivity contribution in [2.75, 3.05) is 0 Å². The third-order valence-electron chi connectivity index (χ3n) is 2.54. The zero-order chi connectivity index (χ0) is 11.8. The Labute approximate surface area is 101 Å². The van der Waals surface area contributed by atoms with E-state index in [-0.39, 0.29) is 5.69 Å². The molecular weight excluding hydrogens is 236 g/mol. The average Bonchev–Trinajstić information content (AvgIpc) is 2.97. The Bertz CT molecular complexity index is 699. The highest BCUT2D eigenvalue weighted by Crippen LogP contribution is 2.29. The summed E-state index contributed by atoms with van der Waals surface area (Å²) in [5, 5.41) is 12.2. The first kappa shape index (κ1) is 10.0. The van der Waals surface area contributed by atoms with Gasteiger partial charge in [-0.05, 0) is 12.1 Å². The van der Waals surface area contributed by atoms with Crippen LogP contribution < -0.4 is 0 Å². The van der Waals surface area contributed by atoms with E-state index in [4.69, 9.17) is 5.11 Å². The number of aromatic nitrogens is 2. The van der Waals surface area contributed by atoms with Gasteiger partial charge in [0.05, 0.1) is 5.52 Å². The second kappa shape index (κ2) is 3.71. The Hall–Kier alpha value is -2.14. The van der Waals surface area contributed by atoms with Crippen LogP contribution in [0.15, 0.2) is 35.8 Å². The molecule has 84 valence electrons. The normalized spacial score (nSPS) is 10.8. The number of nitrogens with one attached hydrogen (secondary N) is 1. The molecule has 2 N–H and O–H groups in total. The average molecular weight is 244 g/mol. The summed E-state index contributed by atoms with van der Waals surface area (Å²) in [5.74, 6) is -0.994. The van der Waals surface area contributed by atoms with Gasteiger partial charge in [0.1, 0.15) is 5.01 Å². The lowest BCUT2D eigenvalue weighted by molar-refractivity contribution is 0.0691. The van der Waals surface area contributed by atoms with Gasteiger partial charge in [-0.15, -0.1) is 11.3 Å². The number of fused-ring (bicyclic) bond motifs is 1. The molecule has 17 heavy (non-hydrogen) atoms. The number of carboxylic acids is 1. The van der Waals surface area contributed by atoms with E-state index in [0.29, 0.717) is 0 Å². The predicted octanol–water partition coefficient (Wildman–Crippen LogP) is 2.99. The second-order valence-electron chi connectivity index (χ2n) is 3.59. The molecule has 0 amide bonds. The number of para-hydroxylation sites is 1. The summed E-state index contributed by atoms with van der Waals surface area (Å²) in [6, 6.07) is 7.85. The monoisotopic (exact) mass is 244 g/mol. The van der Waals surface area contributed by atoms with Crippen molar-refractivity contribution in [2.45, 2.75) is 0 Å². The van der Waals surface area contributed by atoms with E-state index in [9.17, 15) is 4.79 Å². The number of carboxylic acid groups (broad SMARTS) is 1. The third-order valence-corrected chi connectivity index (χ3v) is 3.42. The SMILES string of the molecule is O=C(O)c1csc(-c2cccc3cc[nH]c23)n1. The largest absolute Gasteiger partial charge is 0.476 e. The molecule has 0 saturated heterocycles. The first-order chi connectivity index (χ1) is 8.25. The third kappa shape index (κ3) is 1.60. The van der Waals surface area contributed by atoms with E-state index >= 15 is 0 Å². The number of carbonyl (C=O) groups is 1. The molecule has 1 aromatic carbocycles. The molecule has 3 aromatic rings. The molecule has 0 aliphatic carbocycles. The standard InChI is InChI=1S/C12H8N2O2S/c15-12(16)9-6-17-11(14-9)8-3-1-2-7-4-5-13-10(7)8/h1-6,13H,(H,15,16). The van der Waals surface area contributed by atoms with Gasteiger partial charge in [0.2, 0.25) is 0 Å². The predicted molar refractivity (Wildman–Crippen MR) is 66.4 cm³/mol. The van der Waals surface area contributed by atoms with Crippen LogP contribution in [-0.4, -0.2) is 21.0 Å². The van der Waals surface area contributed by atoms with Gasteiger partial charge < -0.3 is 10.1 Å². The van der Waals surface area contributed by atoms with Crippen molar-refractivity contribution < 1.29 is 9.90 Å². The van der Waals surface area contributed by atoms with Gasteiger partial charge >= 0.3 is 5.97 Å². The van der Waals surface area contributed by atoms with E-state index in [1.165, 1.54) is 11.3 Å². The van der Waals surface area contributed by atoms with Gasteiger partial charge in [-0.1, -0.05) is 12.1 Å². The smallest absolute Gasteiger partial charge is 0.355 e. The summed E-state index contributed by atoms with van der Waals surface area (Å²) in [6.45, 7) is 0. The van der Waals surface area contributed by atoms with Crippen LogP contribution in [0.4, 0.5) is 0 Å². The summed E-state index contributed by atoms with van der Waals surface area (Å²) >= 11 is 1.34. The van der Waals surface area contributed by atoms with E-state index in [2.05, 4.69) is 9.97 Å². The maximum absolute atomic E-state index is 10.8. The maximum atomic E-state index is 10.8. The fourth-order valence-corrected chi connectivity index (χ4v) is 2.58. The molecule has 0 spiro atoms. The molecule has 2 heterocycles. The van der Waals surface area contributed by atoms with Gasteiger partial charge in [-0.3, -0.25) is 0 Å². The summed E-state index contributed by atoms with van der Waals surface area (Å²) in [4.78, 5) is 18.0. The first-order valence-corrected chi connectivity index (χ1v) is 5.89. The van der Waals surface area contributed by atoms with E-state index in [1.807, 2.05) is 30.5 Å². The number of hydrogen-bond donors (Lipinski definition) is 2. The van der Waals surface area contributed by atoms with Crippen LogP contribution >= 0.6 is 11.3 Å². The highest BCUT2D eigenvalue weighted by atomic mass is 32.1. The number of aromatic carboxylic acids is 1. The van der Waals surface area contributed by atoms with Crippen LogP contribution in [0.2, 0.25) is 0 Å². The molecule has 0 radical (unpaired) electrons. The second-order valence-corrected chi connectivity index (χ2v) is 4.45. The maximum Gasteiger partial charge on any atom is 0.355 e. The lowest BCUT2D eigenvalue weighted by atomic mass is 10.1. The lowest BCUT2D eigenvalue weighted by Gasteiger charge is -1.98. The minimum absolute atomic E-state index is 0.0913. The zero-order valence-electron chi connectivity index (χ0n) is 8.68. The highest BCUT2D eigenvalue weighted by molar-refractivity contribution is 7.13. The molecule has 0 saturated carbocycles. The number of thiazole rings is 1. The van der Waals surface area contributed by atoms with Crippen molar-refractivity contribution >= 4 is 28.2 Å². The minimum atomic E-state index is -0.994. The minimum Gasteiger partial charge on any atom is -0.476 e. The summed E-state index contributed by atoms with van der Waals surface area (Å²) in [7, 11) is 0. The topological polar surface area (TPSA) is 66.0 Å². The molecule has 0 atom stereocenters. The van der Waals surface area contributed by atoms with E-state index < -0.39 is 5.97 Å². The fraction of sp³-hybridized carbons (Fsp3) is 0. The Morgan fingerprint density at radius 2 is 2.24 bits per heavy atom. The van der Waals surface area contributed by atoms with E-state index in [0.717, 1.165) is 21.5 Å². The van der Waals surface area contributed by atoms with Crippen molar-refractivity contribution in [3.05, 3.63) is 41.5 Å². The molecule has 0 aliphatic heterocycles. The van der Waals surface area contributed by atoms with Gasteiger partial charge in [-0.2, -0.15) is 0 Å². The van der Waals surface area contributed by atoms with Crippen LogP contribution in [0.25, 0.3) is 21.5 Å². The number of benzene rings is 1. The Balaban J connectivity index is 2.19. The number of nitrogens with zero attached hydrogens (tertiary/aromatic N) is 1. The number of rotatable bonds is 2. The number of hydrogen-bond acceptors (Lipinski definition) is 3. The highest BCUT2D eigenvalue weighted by Gasteiger charge is 2.12. The summed E-state index contributed by atoms with van der Waals surface area (Å²) < 4.78 is 0. The summed E-state index contributed by atoms with van der Waals surface area (Å²) in [5.41, 5.74) is 2.01. The van der Waals surface area contributed by atoms with Gasteiger partial charge in [-0.25, -0.2) is 9.78 Å². The Morgan fingerprint density at radius 3 is 3.00 bits per heavy atom. The number of H-pyrrole nitrogens is 1. The lowest BCUT2D eigenvalue weighted by Crippen LogP contribution is -1.95. The molecule has 5 heteroatoms. The first-order valence-electron chi connectivity index (χ1n) is 5.01. The molecule has 3 rings (SSSR count). The van der Waals surface area contributed by atoms with Crippen molar-refractivity contribution in [2.24, 2.45) is 0 Å². The van der Waals surface area contributed by atoms with Crippen LogP contribution in [0.1, 0.15) is 10.5 Å². The van der Waals surface area contributed by atoms with Crippen molar-refractivity contribution in [1.29, 1.82) is 0 Å². The number of aromatic amines is 1. The molecule has 0 bridgehead atoms. The van der Waals surface area contributed by atoms with Crippen molar-refractivity contribution in [1.82, 2.24) is 9.97 Å². The van der Waals surface area contributed by atoms with Crippen molar-refractivity contribution in [3.8, 4) is 10.6 Å². The molecule has 0 unspecified atom stereocenters. The fourth-order valence-electron chi connectivity index (χ4n) is 1.76. The molecule has 0 fully saturated rings. The van der Waals surface area contributed by atoms with E-state index in [1.54, 1.807) is 5.38 Å². The van der Waals surface area contributed by atoms with Crippen LogP contribution in [-0.2, 0) is 0 Å². The van der Waals surface area contributed by atoms with Crippen molar-refractivity contribution in [3.63, 3.8) is 0 Å². The molecule has 2 aromatic heterocycles. The van der Waals surface area contributed by atoms with Gasteiger partial charge in [0.25, 0.3) is 0 Å². The van der Waals surface area contributed by atoms with Gasteiger partial charge in [0.15, 0.2) is 5.69 Å².